The van der Waals surface area contributed by atoms with E-state index in [1.807, 2.05) is 31.2 Å². The topological polar surface area (TPSA) is 41.1 Å². The van der Waals surface area contributed by atoms with Gasteiger partial charge in [-0.2, -0.15) is 0 Å². The summed E-state index contributed by atoms with van der Waals surface area (Å²) in [5.41, 5.74) is 2.77. The Labute approximate surface area is 117 Å². The van der Waals surface area contributed by atoms with Crippen LogP contribution in [-0.4, -0.2) is 12.5 Å². The van der Waals surface area contributed by atoms with Crippen LogP contribution >= 0.6 is 11.6 Å². The number of rotatable bonds is 4. The van der Waals surface area contributed by atoms with Gasteiger partial charge in [0.25, 0.3) is 0 Å². The predicted molar refractivity (Wildman–Crippen MR) is 79.8 cm³/mol. The molecule has 2 aromatic carbocycles. The molecule has 0 aliphatic rings. The Morgan fingerprint density at radius 1 is 1.16 bits per heavy atom. The number of carbonyl (C=O) groups is 1. The highest BCUT2D eigenvalue weighted by molar-refractivity contribution is 6.30. The SMILES string of the molecule is Cc1ccccc1NCC(=O)Nc1cccc(Cl)c1. The van der Waals surface area contributed by atoms with Crippen molar-refractivity contribution in [3.05, 3.63) is 59.1 Å². The molecule has 0 fully saturated rings. The number of benzene rings is 2. The van der Waals surface area contributed by atoms with Gasteiger partial charge in [0.1, 0.15) is 0 Å². The Kier molecular flexibility index (Phi) is 4.42. The number of carbonyl (C=O) groups excluding carboxylic acids is 1. The summed E-state index contributed by atoms with van der Waals surface area (Å²) in [7, 11) is 0. The maximum atomic E-state index is 11.8. The van der Waals surface area contributed by atoms with Crippen LogP contribution in [0.25, 0.3) is 0 Å². The van der Waals surface area contributed by atoms with Crippen molar-refractivity contribution in [2.24, 2.45) is 0 Å². The summed E-state index contributed by atoms with van der Waals surface area (Å²) in [5.74, 6) is -0.106. The number of hydrogen-bond acceptors (Lipinski definition) is 2. The predicted octanol–water partition coefficient (Wildman–Crippen LogP) is 3.70. The van der Waals surface area contributed by atoms with Crippen molar-refractivity contribution in [3.63, 3.8) is 0 Å². The number of para-hydroxylation sites is 1. The minimum atomic E-state index is -0.106. The van der Waals surface area contributed by atoms with Gasteiger partial charge in [0.2, 0.25) is 5.91 Å². The van der Waals surface area contributed by atoms with E-state index in [9.17, 15) is 4.79 Å². The van der Waals surface area contributed by atoms with Crippen molar-refractivity contribution in [2.45, 2.75) is 6.92 Å². The van der Waals surface area contributed by atoms with Crippen molar-refractivity contribution in [2.75, 3.05) is 17.2 Å². The maximum absolute atomic E-state index is 11.8. The van der Waals surface area contributed by atoms with E-state index in [0.717, 1.165) is 11.3 Å². The second-order valence-electron chi connectivity index (χ2n) is 4.23. The molecule has 0 bridgehead atoms. The van der Waals surface area contributed by atoms with Crippen molar-refractivity contribution >= 4 is 28.9 Å². The van der Waals surface area contributed by atoms with Crippen LogP contribution in [0.2, 0.25) is 5.02 Å². The average Bonchev–Trinajstić information content (AvgIpc) is 2.38. The quantitative estimate of drug-likeness (QED) is 0.893. The second-order valence-corrected chi connectivity index (χ2v) is 4.66. The van der Waals surface area contributed by atoms with Crippen LogP contribution in [0.15, 0.2) is 48.5 Å². The van der Waals surface area contributed by atoms with Gasteiger partial charge in [0.05, 0.1) is 6.54 Å². The number of hydrogen-bond donors (Lipinski definition) is 2. The lowest BCUT2D eigenvalue weighted by atomic mass is 10.2. The standard InChI is InChI=1S/C15H15ClN2O/c1-11-5-2-3-8-14(11)17-10-15(19)18-13-7-4-6-12(16)9-13/h2-9,17H,10H2,1H3,(H,18,19). The van der Waals surface area contributed by atoms with Gasteiger partial charge in [-0.3, -0.25) is 4.79 Å². The average molecular weight is 275 g/mol. The van der Waals surface area contributed by atoms with Crippen LogP contribution in [0, 0.1) is 6.92 Å². The van der Waals surface area contributed by atoms with Crippen LogP contribution in [0.1, 0.15) is 5.56 Å². The number of halogens is 1. The Bertz CT molecular complexity index is 584. The molecule has 0 spiro atoms. The van der Waals surface area contributed by atoms with E-state index in [0.29, 0.717) is 10.7 Å². The molecule has 0 unspecified atom stereocenters. The summed E-state index contributed by atoms with van der Waals surface area (Å²) >= 11 is 5.86. The van der Waals surface area contributed by atoms with E-state index in [1.165, 1.54) is 0 Å². The molecule has 0 atom stereocenters. The molecule has 0 heterocycles. The molecule has 0 aromatic heterocycles. The van der Waals surface area contributed by atoms with Gasteiger partial charge in [0.15, 0.2) is 0 Å². The maximum Gasteiger partial charge on any atom is 0.243 e. The highest BCUT2D eigenvalue weighted by atomic mass is 35.5. The summed E-state index contributed by atoms with van der Waals surface area (Å²) in [4.78, 5) is 11.8. The van der Waals surface area contributed by atoms with Crippen molar-refractivity contribution in [1.82, 2.24) is 0 Å². The molecule has 2 N–H and O–H groups in total. The zero-order valence-electron chi connectivity index (χ0n) is 10.6. The number of amides is 1. The third-order valence-electron chi connectivity index (χ3n) is 2.69. The Hall–Kier alpha value is -2.00. The summed E-state index contributed by atoms with van der Waals surface area (Å²) in [5, 5.41) is 6.49. The van der Waals surface area contributed by atoms with Gasteiger partial charge in [0, 0.05) is 16.4 Å². The lowest BCUT2D eigenvalue weighted by Gasteiger charge is -2.09. The third kappa shape index (κ3) is 4.00. The van der Waals surface area contributed by atoms with Gasteiger partial charge < -0.3 is 10.6 Å². The van der Waals surface area contributed by atoms with Gasteiger partial charge in [-0.1, -0.05) is 35.9 Å². The van der Waals surface area contributed by atoms with Crippen molar-refractivity contribution < 1.29 is 4.79 Å². The van der Waals surface area contributed by atoms with Crippen molar-refractivity contribution in [3.8, 4) is 0 Å². The van der Waals surface area contributed by atoms with Gasteiger partial charge in [-0.05, 0) is 36.8 Å². The Morgan fingerprint density at radius 3 is 2.68 bits per heavy atom. The molecular weight excluding hydrogens is 260 g/mol. The molecule has 0 radical (unpaired) electrons. The van der Waals surface area contributed by atoms with Crippen molar-refractivity contribution in [1.29, 1.82) is 0 Å². The van der Waals surface area contributed by atoms with E-state index in [-0.39, 0.29) is 12.5 Å². The first-order valence-electron chi connectivity index (χ1n) is 6.00. The van der Waals surface area contributed by atoms with E-state index >= 15 is 0 Å². The fraction of sp³-hybridized carbons (Fsp3) is 0.133. The first-order chi connectivity index (χ1) is 9.15. The molecular formula is C15H15ClN2O. The van der Waals surface area contributed by atoms with E-state index < -0.39 is 0 Å². The highest BCUT2D eigenvalue weighted by Gasteiger charge is 2.03. The molecule has 3 nitrogen and oxygen atoms in total. The van der Waals surface area contributed by atoms with E-state index in [1.54, 1.807) is 24.3 Å². The van der Waals surface area contributed by atoms with E-state index in [4.69, 9.17) is 11.6 Å². The van der Waals surface area contributed by atoms with Crippen LogP contribution in [0.4, 0.5) is 11.4 Å². The first kappa shape index (κ1) is 13.4. The Balaban J connectivity index is 1.90. The number of anilines is 2. The second kappa shape index (κ2) is 6.25. The first-order valence-corrected chi connectivity index (χ1v) is 6.38. The molecule has 0 saturated heterocycles. The number of nitrogens with one attached hydrogen (secondary N) is 2. The third-order valence-corrected chi connectivity index (χ3v) is 2.93. The molecule has 4 heteroatoms. The summed E-state index contributed by atoms with van der Waals surface area (Å²) in [6.07, 6.45) is 0. The minimum absolute atomic E-state index is 0.106. The zero-order chi connectivity index (χ0) is 13.7. The molecule has 19 heavy (non-hydrogen) atoms. The van der Waals surface area contributed by atoms with Crippen LogP contribution in [0.5, 0.6) is 0 Å². The molecule has 0 saturated carbocycles. The van der Waals surface area contributed by atoms with E-state index in [2.05, 4.69) is 10.6 Å². The molecule has 0 aliphatic heterocycles. The normalized spacial score (nSPS) is 10.0. The monoisotopic (exact) mass is 274 g/mol. The van der Waals surface area contributed by atoms with Gasteiger partial charge in [-0.15, -0.1) is 0 Å². The largest absolute Gasteiger partial charge is 0.376 e. The van der Waals surface area contributed by atoms with Crippen LogP contribution < -0.4 is 10.6 Å². The van der Waals surface area contributed by atoms with Crippen LogP contribution in [-0.2, 0) is 4.79 Å². The summed E-state index contributed by atoms with van der Waals surface area (Å²) in [6, 6.07) is 14.9. The fourth-order valence-electron chi connectivity index (χ4n) is 1.72. The number of aryl methyl sites for hydroxylation is 1. The van der Waals surface area contributed by atoms with Crippen LogP contribution in [0.3, 0.4) is 0 Å². The molecule has 1 amide bonds. The zero-order valence-corrected chi connectivity index (χ0v) is 11.4. The smallest absolute Gasteiger partial charge is 0.243 e. The highest BCUT2D eigenvalue weighted by Crippen LogP contribution is 2.15. The lowest BCUT2D eigenvalue weighted by Crippen LogP contribution is -2.21. The van der Waals surface area contributed by atoms with Gasteiger partial charge >= 0.3 is 0 Å². The minimum Gasteiger partial charge on any atom is -0.376 e. The van der Waals surface area contributed by atoms with Gasteiger partial charge in [-0.25, -0.2) is 0 Å². The summed E-state index contributed by atoms with van der Waals surface area (Å²) < 4.78 is 0. The molecule has 0 aliphatic carbocycles. The summed E-state index contributed by atoms with van der Waals surface area (Å²) in [6.45, 7) is 2.22. The fourth-order valence-corrected chi connectivity index (χ4v) is 1.91. The Morgan fingerprint density at radius 2 is 1.95 bits per heavy atom. The molecule has 2 aromatic rings. The molecule has 2 rings (SSSR count). The lowest BCUT2D eigenvalue weighted by molar-refractivity contribution is -0.114. The molecule has 98 valence electrons.